The fourth-order valence-electron chi connectivity index (χ4n) is 2.53. The van der Waals surface area contributed by atoms with Gasteiger partial charge in [0.1, 0.15) is 0 Å². The van der Waals surface area contributed by atoms with E-state index in [0.717, 1.165) is 6.54 Å². The largest absolute Gasteiger partial charge is 0.310 e. The summed E-state index contributed by atoms with van der Waals surface area (Å²) in [4.78, 5) is 0. The molecule has 0 aliphatic carbocycles. The molecule has 1 fully saturated rings. The van der Waals surface area contributed by atoms with Gasteiger partial charge in [-0.2, -0.15) is 0 Å². The van der Waals surface area contributed by atoms with Gasteiger partial charge < -0.3 is 5.32 Å². The SMILES string of the molecule is Cl.c1ccc(-c2cccc([C@H]3CCCN3)c2)cc1. The van der Waals surface area contributed by atoms with Crippen LogP contribution in [-0.4, -0.2) is 6.54 Å². The molecule has 0 aromatic heterocycles. The van der Waals surface area contributed by atoms with Crippen LogP contribution < -0.4 is 5.32 Å². The highest BCUT2D eigenvalue weighted by atomic mass is 35.5. The van der Waals surface area contributed by atoms with E-state index in [2.05, 4.69) is 59.9 Å². The quantitative estimate of drug-likeness (QED) is 0.852. The first kappa shape index (κ1) is 13.1. The van der Waals surface area contributed by atoms with Gasteiger partial charge in [-0.05, 0) is 42.1 Å². The van der Waals surface area contributed by atoms with Crippen molar-refractivity contribution in [1.29, 1.82) is 0 Å². The zero-order valence-corrected chi connectivity index (χ0v) is 11.1. The lowest BCUT2D eigenvalue weighted by Gasteiger charge is -2.12. The highest BCUT2D eigenvalue weighted by Crippen LogP contribution is 2.27. The molecule has 1 N–H and O–H groups in total. The first-order valence-corrected chi connectivity index (χ1v) is 6.32. The molecule has 2 aromatic rings. The minimum atomic E-state index is 0. The average molecular weight is 260 g/mol. The summed E-state index contributed by atoms with van der Waals surface area (Å²) < 4.78 is 0. The Balaban J connectivity index is 0.00000120. The molecule has 0 amide bonds. The van der Waals surface area contributed by atoms with Crippen LogP contribution in [0, 0.1) is 0 Å². The Kier molecular flexibility index (Phi) is 4.40. The van der Waals surface area contributed by atoms with Crippen LogP contribution in [0.3, 0.4) is 0 Å². The van der Waals surface area contributed by atoms with Crippen LogP contribution in [-0.2, 0) is 0 Å². The lowest BCUT2D eigenvalue weighted by Crippen LogP contribution is -2.12. The lowest BCUT2D eigenvalue weighted by atomic mass is 9.99. The Morgan fingerprint density at radius 1 is 0.889 bits per heavy atom. The van der Waals surface area contributed by atoms with Gasteiger partial charge in [-0.3, -0.25) is 0 Å². The molecule has 1 heterocycles. The van der Waals surface area contributed by atoms with Crippen molar-refractivity contribution in [2.75, 3.05) is 6.54 Å². The van der Waals surface area contributed by atoms with Crippen LogP contribution in [0.5, 0.6) is 0 Å². The zero-order valence-electron chi connectivity index (χ0n) is 10.3. The zero-order chi connectivity index (χ0) is 11.5. The van der Waals surface area contributed by atoms with Crippen LogP contribution in [0.1, 0.15) is 24.4 Å². The van der Waals surface area contributed by atoms with Crippen molar-refractivity contribution < 1.29 is 0 Å². The predicted octanol–water partition coefficient (Wildman–Crippen LogP) is 4.20. The Labute approximate surface area is 115 Å². The van der Waals surface area contributed by atoms with E-state index in [-0.39, 0.29) is 12.4 Å². The summed E-state index contributed by atoms with van der Waals surface area (Å²) in [5.41, 5.74) is 4.04. The number of benzene rings is 2. The smallest absolute Gasteiger partial charge is 0.0320 e. The van der Waals surface area contributed by atoms with E-state index in [1.165, 1.54) is 29.5 Å². The second kappa shape index (κ2) is 6.03. The molecule has 1 aliphatic rings. The van der Waals surface area contributed by atoms with Crippen LogP contribution >= 0.6 is 12.4 Å². The van der Waals surface area contributed by atoms with Crippen LogP contribution in [0.2, 0.25) is 0 Å². The topological polar surface area (TPSA) is 12.0 Å². The van der Waals surface area contributed by atoms with Gasteiger partial charge in [-0.1, -0.05) is 48.5 Å². The minimum Gasteiger partial charge on any atom is -0.310 e. The third kappa shape index (κ3) is 2.74. The summed E-state index contributed by atoms with van der Waals surface area (Å²) in [6.45, 7) is 1.15. The Morgan fingerprint density at radius 2 is 1.67 bits per heavy atom. The first-order chi connectivity index (χ1) is 8.43. The van der Waals surface area contributed by atoms with Gasteiger partial charge in [-0.25, -0.2) is 0 Å². The van der Waals surface area contributed by atoms with Crippen LogP contribution in [0.15, 0.2) is 54.6 Å². The van der Waals surface area contributed by atoms with Crippen molar-refractivity contribution >= 4 is 12.4 Å². The van der Waals surface area contributed by atoms with Gasteiger partial charge in [0.05, 0.1) is 0 Å². The molecule has 0 radical (unpaired) electrons. The van der Waals surface area contributed by atoms with Crippen molar-refractivity contribution in [3.63, 3.8) is 0 Å². The van der Waals surface area contributed by atoms with E-state index >= 15 is 0 Å². The maximum absolute atomic E-state index is 3.55. The fourth-order valence-corrected chi connectivity index (χ4v) is 2.53. The molecule has 0 spiro atoms. The molecule has 0 unspecified atom stereocenters. The molecule has 94 valence electrons. The van der Waals surface area contributed by atoms with Crippen LogP contribution in [0.4, 0.5) is 0 Å². The average Bonchev–Trinajstić information content (AvgIpc) is 2.94. The molecule has 1 saturated heterocycles. The molecular formula is C16H18ClN. The second-order valence-electron chi connectivity index (χ2n) is 4.64. The predicted molar refractivity (Wildman–Crippen MR) is 79.1 cm³/mol. The molecule has 1 nitrogen and oxygen atoms in total. The summed E-state index contributed by atoms with van der Waals surface area (Å²) in [5, 5.41) is 3.55. The van der Waals surface area contributed by atoms with E-state index < -0.39 is 0 Å². The van der Waals surface area contributed by atoms with Crippen molar-refractivity contribution in [3.05, 3.63) is 60.2 Å². The van der Waals surface area contributed by atoms with Crippen molar-refractivity contribution in [2.24, 2.45) is 0 Å². The molecule has 1 aliphatic heterocycles. The van der Waals surface area contributed by atoms with Gasteiger partial charge in [0.25, 0.3) is 0 Å². The molecule has 0 bridgehead atoms. The first-order valence-electron chi connectivity index (χ1n) is 6.32. The highest BCUT2D eigenvalue weighted by Gasteiger charge is 2.16. The molecule has 3 rings (SSSR count). The normalized spacial score (nSPS) is 18.3. The number of halogens is 1. The Bertz CT molecular complexity index is 489. The van der Waals surface area contributed by atoms with Crippen LogP contribution in [0.25, 0.3) is 11.1 Å². The molecule has 18 heavy (non-hydrogen) atoms. The Morgan fingerprint density at radius 3 is 2.39 bits per heavy atom. The molecule has 2 heteroatoms. The third-order valence-corrected chi connectivity index (χ3v) is 3.46. The molecule has 0 saturated carbocycles. The summed E-state index contributed by atoms with van der Waals surface area (Å²) in [7, 11) is 0. The van der Waals surface area contributed by atoms with Crippen molar-refractivity contribution in [3.8, 4) is 11.1 Å². The van der Waals surface area contributed by atoms with Gasteiger partial charge in [0.2, 0.25) is 0 Å². The van der Waals surface area contributed by atoms with E-state index in [4.69, 9.17) is 0 Å². The fraction of sp³-hybridized carbons (Fsp3) is 0.250. The van der Waals surface area contributed by atoms with Gasteiger partial charge in [0.15, 0.2) is 0 Å². The number of hydrogen-bond donors (Lipinski definition) is 1. The summed E-state index contributed by atoms with van der Waals surface area (Å²) in [6.07, 6.45) is 2.55. The van der Waals surface area contributed by atoms with E-state index in [0.29, 0.717) is 6.04 Å². The second-order valence-corrected chi connectivity index (χ2v) is 4.64. The van der Waals surface area contributed by atoms with Gasteiger partial charge in [-0.15, -0.1) is 12.4 Å². The lowest BCUT2D eigenvalue weighted by molar-refractivity contribution is 0.648. The van der Waals surface area contributed by atoms with E-state index in [1.807, 2.05) is 0 Å². The van der Waals surface area contributed by atoms with Crippen molar-refractivity contribution in [2.45, 2.75) is 18.9 Å². The number of nitrogens with one attached hydrogen (secondary N) is 1. The van der Waals surface area contributed by atoms with Gasteiger partial charge in [0, 0.05) is 6.04 Å². The monoisotopic (exact) mass is 259 g/mol. The van der Waals surface area contributed by atoms with E-state index in [1.54, 1.807) is 0 Å². The third-order valence-electron chi connectivity index (χ3n) is 3.46. The van der Waals surface area contributed by atoms with Gasteiger partial charge >= 0.3 is 0 Å². The van der Waals surface area contributed by atoms with E-state index in [9.17, 15) is 0 Å². The molecule has 1 atom stereocenters. The summed E-state index contributed by atoms with van der Waals surface area (Å²) in [5.74, 6) is 0. The summed E-state index contributed by atoms with van der Waals surface area (Å²) in [6, 6.07) is 20.0. The summed E-state index contributed by atoms with van der Waals surface area (Å²) >= 11 is 0. The highest BCUT2D eigenvalue weighted by molar-refractivity contribution is 5.85. The number of rotatable bonds is 2. The molecular weight excluding hydrogens is 242 g/mol. The number of hydrogen-bond acceptors (Lipinski definition) is 1. The maximum Gasteiger partial charge on any atom is 0.0320 e. The Hall–Kier alpha value is -1.31. The standard InChI is InChI=1S/C16H17N.ClH/c1-2-6-13(7-3-1)14-8-4-9-15(12-14)16-10-5-11-17-16;/h1-4,6-9,12,16-17H,5,10-11H2;1H/t16-;/m1./s1. The minimum absolute atomic E-state index is 0. The molecule has 2 aromatic carbocycles. The van der Waals surface area contributed by atoms with Crippen molar-refractivity contribution in [1.82, 2.24) is 5.32 Å². The maximum atomic E-state index is 3.55.